The van der Waals surface area contributed by atoms with Crippen molar-refractivity contribution in [3.8, 4) is 0 Å². The second kappa shape index (κ2) is 4.56. The van der Waals surface area contributed by atoms with Crippen molar-refractivity contribution in [2.45, 2.75) is 13.1 Å². The Kier molecular flexibility index (Phi) is 2.75. The first kappa shape index (κ1) is 11.5. The molecule has 0 bridgehead atoms. The van der Waals surface area contributed by atoms with Crippen LogP contribution < -0.4 is 10.6 Å². The molecule has 0 atom stereocenters. The Bertz CT molecular complexity index is 604. The molecule has 0 spiro atoms. The first-order valence-electron chi connectivity index (χ1n) is 5.83. The van der Waals surface area contributed by atoms with E-state index in [0.29, 0.717) is 12.1 Å². The van der Waals surface area contributed by atoms with Crippen molar-refractivity contribution >= 4 is 11.7 Å². The molecular weight excluding hydrogens is 246 g/mol. The van der Waals surface area contributed by atoms with Gasteiger partial charge in [-0.1, -0.05) is 5.16 Å². The fourth-order valence-corrected chi connectivity index (χ4v) is 2.04. The summed E-state index contributed by atoms with van der Waals surface area (Å²) in [5.41, 5.74) is 6.09. The van der Waals surface area contributed by atoms with Gasteiger partial charge in [0.2, 0.25) is 0 Å². The lowest BCUT2D eigenvalue weighted by Crippen LogP contribution is -2.34. The van der Waals surface area contributed by atoms with Crippen molar-refractivity contribution in [3.63, 3.8) is 0 Å². The van der Waals surface area contributed by atoms with Crippen LogP contribution >= 0.6 is 0 Å². The molecule has 3 rings (SSSR count). The van der Waals surface area contributed by atoms with Gasteiger partial charge in [0.1, 0.15) is 12.1 Å². The Morgan fingerprint density at radius 1 is 1.37 bits per heavy atom. The summed E-state index contributed by atoms with van der Waals surface area (Å²) < 4.78 is 2.03. The Labute approximate surface area is 109 Å². The Morgan fingerprint density at radius 2 is 2.26 bits per heavy atom. The molecule has 0 aromatic carbocycles. The van der Waals surface area contributed by atoms with Crippen LogP contribution in [0.4, 0.5) is 5.82 Å². The fraction of sp³-hybridized carbons (Fsp3) is 0.273. The van der Waals surface area contributed by atoms with E-state index in [4.69, 9.17) is 10.9 Å². The summed E-state index contributed by atoms with van der Waals surface area (Å²) in [6.07, 6.45) is 3.32. The summed E-state index contributed by atoms with van der Waals surface area (Å²) in [7, 11) is 0. The van der Waals surface area contributed by atoms with Crippen LogP contribution in [-0.4, -0.2) is 37.3 Å². The number of nitrogens with zero attached hydrogens (tertiary/aromatic N) is 6. The van der Waals surface area contributed by atoms with Gasteiger partial charge in [0.05, 0.1) is 6.54 Å². The highest BCUT2D eigenvalue weighted by atomic mass is 16.4. The molecule has 0 amide bonds. The molecule has 2 aromatic heterocycles. The van der Waals surface area contributed by atoms with Gasteiger partial charge in [-0.25, -0.2) is 4.98 Å². The predicted molar refractivity (Wildman–Crippen MR) is 67.8 cm³/mol. The van der Waals surface area contributed by atoms with Crippen LogP contribution in [0.15, 0.2) is 29.8 Å². The van der Waals surface area contributed by atoms with Crippen LogP contribution in [0.3, 0.4) is 0 Å². The minimum absolute atomic E-state index is 0.0532. The first-order valence-corrected chi connectivity index (χ1v) is 5.83. The van der Waals surface area contributed by atoms with Crippen molar-refractivity contribution < 1.29 is 5.21 Å². The van der Waals surface area contributed by atoms with Crippen LogP contribution in [0.25, 0.3) is 0 Å². The van der Waals surface area contributed by atoms with Gasteiger partial charge in [-0.05, 0) is 12.1 Å². The molecule has 0 aliphatic carbocycles. The lowest BCUT2D eigenvalue weighted by Gasteiger charge is -2.27. The Balaban J connectivity index is 1.81. The summed E-state index contributed by atoms with van der Waals surface area (Å²) in [6, 6.07) is 3.62. The summed E-state index contributed by atoms with van der Waals surface area (Å²) in [5.74, 6) is 1.81. The standard InChI is InChI=1S/C11H13N7O/c12-11(16-19)8-1-2-9(13-5-8)17-3-4-18-7-14-15-10(18)6-17/h1-2,5,7,19H,3-4,6H2,(H2,12,16). The number of nitrogens with two attached hydrogens (primary N) is 1. The topological polar surface area (TPSA) is 105 Å². The summed E-state index contributed by atoms with van der Waals surface area (Å²) in [5, 5.41) is 19.5. The molecule has 19 heavy (non-hydrogen) atoms. The molecule has 98 valence electrons. The number of pyridine rings is 1. The highest BCUT2D eigenvalue weighted by molar-refractivity contribution is 5.96. The second-order valence-corrected chi connectivity index (χ2v) is 4.25. The average molecular weight is 259 g/mol. The van der Waals surface area contributed by atoms with E-state index in [2.05, 4.69) is 25.2 Å². The zero-order valence-corrected chi connectivity index (χ0v) is 10.1. The van der Waals surface area contributed by atoms with Crippen molar-refractivity contribution in [1.29, 1.82) is 0 Å². The molecule has 0 fully saturated rings. The van der Waals surface area contributed by atoms with E-state index in [1.165, 1.54) is 0 Å². The molecule has 0 saturated heterocycles. The Hall–Kier alpha value is -2.64. The highest BCUT2D eigenvalue weighted by Crippen LogP contribution is 2.17. The van der Waals surface area contributed by atoms with Gasteiger partial charge in [0.15, 0.2) is 11.7 Å². The quantitative estimate of drug-likeness (QED) is 0.334. The normalized spacial score (nSPS) is 15.4. The molecule has 3 N–H and O–H groups in total. The van der Waals surface area contributed by atoms with E-state index in [1.807, 2.05) is 10.6 Å². The van der Waals surface area contributed by atoms with Crippen molar-refractivity contribution in [1.82, 2.24) is 19.7 Å². The van der Waals surface area contributed by atoms with Gasteiger partial charge in [0, 0.05) is 24.8 Å². The number of hydrogen-bond acceptors (Lipinski definition) is 6. The number of fused-ring (bicyclic) bond motifs is 1. The molecule has 1 aliphatic heterocycles. The van der Waals surface area contributed by atoms with Crippen LogP contribution in [0, 0.1) is 0 Å². The lowest BCUT2D eigenvalue weighted by molar-refractivity contribution is 0.318. The summed E-state index contributed by atoms with van der Waals surface area (Å²) >= 11 is 0. The van der Waals surface area contributed by atoms with E-state index in [0.717, 1.165) is 24.7 Å². The van der Waals surface area contributed by atoms with Gasteiger partial charge in [-0.15, -0.1) is 10.2 Å². The molecule has 1 aliphatic rings. The number of anilines is 1. The molecular formula is C11H13N7O. The molecule has 2 aromatic rings. The van der Waals surface area contributed by atoms with Crippen LogP contribution in [0.1, 0.15) is 11.4 Å². The number of oxime groups is 1. The zero-order valence-electron chi connectivity index (χ0n) is 10.1. The summed E-state index contributed by atoms with van der Waals surface area (Å²) in [4.78, 5) is 6.44. The van der Waals surface area contributed by atoms with E-state index in [1.54, 1.807) is 18.6 Å². The monoisotopic (exact) mass is 259 g/mol. The maximum absolute atomic E-state index is 8.60. The van der Waals surface area contributed by atoms with Crippen LogP contribution in [0.5, 0.6) is 0 Å². The van der Waals surface area contributed by atoms with Crippen molar-refractivity contribution in [2.75, 3.05) is 11.4 Å². The third-order valence-electron chi connectivity index (χ3n) is 3.11. The predicted octanol–water partition coefficient (Wildman–Crippen LogP) is -0.212. The second-order valence-electron chi connectivity index (χ2n) is 4.25. The maximum Gasteiger partial charge on any atom is 0.171 e. The van der Waals surface area contributed by atoms with Crippen molar-refractivity contribution in [3.05, 3.63) is 36.0 Å². The maximum atomic E-state index is 8.60. The number of hydrogen-bond donors (Lipinski definition) is 2. The van der Waals surface area contributed by atoms with Gasteiger partial charge in [0.25, 0.3) is 0 Å². The fourth-order valence-electron chi connectivity index (χ4n) is 2.04. The van der Waals surface area contributed by atoms with Crippen LogP contribution in [-0.2, 0) is 13.1 Å². The van der Waals surface area contributed by atoms with E-state index in [-0.39, 0.29) is 5.84 Å². The number of aromatic nitrogens is 4. The third kappa shape index (κ3) is 2.07. The molecule has 0 saturated carbocycles. The largest absolute Gasteiger partial charge is 0.409 e. The highest BCUT2D eigenvalue weighted by Gasteiger charge is 2.18. The zero-order chi connectivity index (χ0) is 13.2. The van der Waals surface area contributed by atoms with Gasteiger partial charge in [-0.2, -0.15) is 0 Å². The minimum Gasteiger partial charge on any atom is -0.409 e. The molecule has 3 heterocycles. The lowest BCUT2D eigenvalue weighted by atomic mass is 10.2. The third-order valence-corrected chi connectivity index (χ3v) is 3.11. The number of rotatable bonds is 2. The minimum atomic E-state index is 0.0532. The average Bonchev–Trinajstić information content (AvgIpc) is 2.94. The smallest absolute Gasteiger partial charge is 0.171 e. The van der Waals surface area contributed by atoms with Gasteiger partial charge in [-0.3, -0.25) is 0 Å². The van der Waals surface area contributed by atoms with Gasteiger partial charge < -0.3 is 20.4 Å². The van der Waals surface area contributed by atoms with E-state index < -0.39 is 0 Å². The van der Waals surface area contributed by atoms with Crippen LogP contribution in [0.2, 0.25) is 0 Å². The van der Waals surface area contributed by atoms with Gasteiger partial charge >= 0.3 is 0 Å². The van der Waals surface area contributed by atoms with Crippen molar-refractivity contribution in [2.24, 2.45) is 10.9 Å². The first-order chi connectivity index (χ1) is 9.28. The molecule has 8 heteroatoms. The van der Waals surface area contributed by atoms with E-state index >= 15 is 0 Å². The molecule has 0 unspecified atom stereocenters. The number of amidine groups is 1. The SMILES string of the molecule is NC(=NO)c1ccc(N2CCn3cnnc3C2)nc1. The summed E-state index contributed by atoms with van der Waals surface area (Å²) in [6.45, 7) is 2.36. The van der Waals surface area contributed by atoms with E-state index in [9.17, 15) is 0 Å². The molecule has 8 nitrogen and oxygen atoms in total. The Morgan fingerprint density at radius 3 is 3.00 bits per heavy atom. The molecule has 0 radical (unpaired) electrons.